The van der Waals surface area contributed by atoms with E-state index < -0.39 is 5.97 Å². The summed E-state index contributed by atoms with van der Waals surface area (Å²) >= 11 is 0. The van der Waals surface area contributed by atoms with Crippen molar-refractivity contribution < 1.29 is 14.7 Å². The molecular formula is C20H28N2O3. The van der Waals surface area contributed by atoms with Crippen LogP contribution in [0.1, 0.15) is 55.2 Å². The number of aryl methyl sites for hydroxylation is 3. The van der Waals surface area contributed by atoms with Crippen LogP contribution in [0.5, 0.6) is 0 Å². The molecule has 25 heavy (non-hydrogen) atoms. The molecule has 0 fully saturated rings. The Morgan fingerprint density at radius 2 is 1.88 bits per heavy atom. The highest BCUT2D eigenvalue weighted by atomic mass is 16.4. The van der Waals surface area contributed by atoms with E-state index in [0.29, 0.717) is 18.8 Å². The van der Waals surface area contributed by atoms with Crippen LogP contribution in [-0.2, 0) is 17.8 Å². The van der Waals surface area contributed by atoms with E-state index in [0.717, 1.165) is 29.3 Å². The Morgan fingerprint density at radius 3 is 2.44 bits per heavy atom. The zero-order chi connectivity index (χ0) is 18.6. The number of hydrogen-bond acceptors (Lipinski definition) is 2. The summed E-state index contributed by atoms with van der Waals surface area (Å²) < 4.78 is 2.05. The lowest BCUT2D eigenvalue weighted by Crippen LogP contribution is -2.35. The molecular weight excluding hydrogens is 316 g/mol. The molecule has 1 aromatic carbocycles. The number of carboxylic acid groups (broad SMARTS) is 1. The van der Waals surface area contributed by atoms with E-state index in [9.17, 15) is 9.59 Å². The van der Waals surface area contributed by atoms with Gasteiger partial charge >= 0.3 is 5.97 Å². The first-order valence-electron chi connectivity index (χ1n) is 9.07. The smallest absolute Gasteiger partial charge is 0.305 e. The average Bonchev–Trinajstić information content (AvgIpc) is 2.89. The van der Waals surface area contributed by atoms with Crippen molar-refractivity contribution >= 4 is 22.8 Å². The van der Waals surface area contributed by atoms with Crippen molar-refractivity contribution in [3.8, 4) is 0 Å². The molecule has 0 aliphatic heterocycles. The van der Waals surface area contributed by atoms with E-state index in [1.165, 1.54) is 5.56 Å². The molecule has 0 saturated heterocycles. The number of carboxylic acids is 1. The molecule has 136 valence electrons. The van der Waals surface area contributed by atoms with E-state index in [4.69, 9.17) is 5.11 Å². The van der Waals surface area contributed by atoms with Crippen LogP contribution in [-0.4, -0.2) is 39.5 Å². The predicted molar refractivity (Wildman–Crippen MR) is 100 cm³/mol. The maximum absolute atomic E-state index is 13.2. The number of benzene rings is 1. The molecule has 0 unspecified atom stereocenters. The molecule has 0 spiro atoms. The Bertz CT molecular complexity index is 777. The molecule has 1 aromatic heterocycles. The van der Waals surface area contributed by atoms with Gasteiger partial charge in [-0.15, -0.1) is 0 Å². The summed E-state index contributed by atoms with van der Waals surface area (Å²) in [6.07, 6.45) is 1.73. The predicted octanol–water partition coefficient (Wildman–Crippen LogP) is 3.86. The van der Waals surface area contributed by atoms with Gasteiger partial charge in [-0.2, -0.15) is 0 Å². The molecule has 2 rings (SSSR count). The van der Waals surface area contributed by atoms with Gasteiger partial charge in [-0.3, -0.25) is 9.59 Å². The van der Waals surface area contributed by atoms with Crippen LogP contribution in [0.15, 0.2) is 18.2 Å². The third-order valence-corrected chi connectivity index (χ3v) is 4.68. The summed E-state index contributed by atoms with van der Waals surface area (Å²) in [7, 11) is 0. The number of aromatic nitrogens is 1. The highest BCUT2D eigenvalue weighted by Crippen LogP contribution is 2.28. The maximum Gasteiger partial charge on any atom is 0.305 e. The lowest BCUT2D eigenvalue weighted by molar-refractivity contribution is -0.137. The average molecular weight is 344 g/mol. The Kier molecular flexibility index (Phi) is 6.23. The number of carbonyl (C=O) groups is 2. The Morgan fingerprint density at radius 1 is 1.16 bits per heavy atom. The van der Waals surface area contributed by atoms with Crippen molar-refractivity contribution in [1.29, 1.82) is 0 Å². The van der Waals surface area contributed by atoms with Gasteiger partial charge in [0.05, 0.1) is 6.42 Å². The molecule has 1 heterocycles. The minimum absolute atomic E-state index is 0.0306. The number of hydrogen-bond donors (Lipinski definition) is 1. The first-order valence-corrected chi connectivity index (χ1v) is 9.07. The van der Waals surface area contributed by atoms with Crippen LogP contribution < -0.4 is 0 Å². The Balaban J connectivity index is 2.51. The summed E-state index contributed by atoms with van der Waals surface area (Å²) in [6, 6.07) is 6.36. The van der Waals surface area contributed by atoms with Gasteiger partial charge in [-0.05, 0) is 49.9 Å². The molecule has 0 radical (unpaired) electrons. The van der Waals surface area contributed by atoms with Crippen molar-refractivity contribution in [3.05, 3.63) is 35.0 Å². The van der Waals surface area contributed by atoms with Crippen LogP contribution in [0.4, 0.5) is 0 Å². The summed E-state index contributed by atoms with van der Waals surface area (Å²) in [4.78, 5) is 25.8. The zero-order valence-electron chi connectivity index (χ0n) is 15.6. The van der Waals surface area contributed by atoms with Gasteiger partial charge in [-0.25, -0.2) is 0 Å². The van der Waals surface area contributed by atoms with Crippen LogP contribution >= 0.6 is 0 Å². The fourth-order valence-corrected chi connectivity index (χ4v) is 3.36. The van der Waals surface area contributed by atoms with E-state index in [1.807, 2.05) is 20.8 Å². The normalized spacial score (nSPS) is 11.0. The number of fused-ring (bicyclic) bond motifs is 1. The lowest BCUT2D eigenvalue weighted by atomic mass is 10.1. The second-order valence-electron chi connectivity index (χ2n) is 6.36. The van der Waals surface area contributed by atoms with Crippen LogP contribution in [0, 0.1) is 6.92 Å². The number of amides is 1. The second kappa shape index (κ2) is 8.19. The van der Waals surface area contributed by atoms with E-state index >= 15 is 0 Å². The number of aliphatic carboxylic acids is 1. The highest BCUT2D eigenvalue weighted by molar-refractivity contribution is 6.02. The molecule has 2 aromatic rings. The highest BCUT2D eigenvalue weighted by Gasteiger charge is 2.24. The summed E-state index contributed by atoms with van der Waals surface area (Å²) in [5.74, 6) is -0.953. The molecule has 0 atom stereocenters. The molecule has 1 amide bonds. The number of carbonyl (C=O) groups excluding carboxylic acids is 1. The van der Waals surface area contributed by atoms with Gasteiger partial charge in [0, 0.05) is 30.5 Å². The lowest BCUT2D eigenvalue weighted by Gasteiger charge is -2.22. The summed E-state index contributed by atoms with van der Waals surface area (Å²) in [5, 5.41) is 10.1. The summed E-state index contributed by atoms with van der Waals surface area (Å²) in [6.45, 7) is 9.65. The van der Waals surface area contributed by atoms with Gasteiger partial charge in [-0.1, -0.05) is 19.9 Å². The van der Waals surface area contributed by atoms with Gasteiger partial charge in [0.2, 0.25) is 0 Å². The SMILES string of the molecule is CCCN(CCC(=O)O)C(=O)c1c(C)c2cc(CC)ccc2n1CC. The Labute approximate surface area is 149 Å². The van der Waals surface area contributed by atoms with Gasteiger partial charge in [0.1, 0.15) is 5.69 Å². The maximum atomic E-state index is 13.2. The van der Waals surface area contributed by atoms with Crippen LogP contribution in [0.3, 0.4) is 0 Å². The third kappa shape index (κ3) is 3.86. The molecule has 0 bridgehead atoms. The minimum Gasteiger partial charge on any atom is -0.481 e. The van der Waals surface area contributed by atoms with E-state index in [2.05, 4.69) is 29.7 Å². The largest absolute Gasteiger partial charge is 0.481 e. The quantitative estimate of drug-likeness (QED) is 0.791. The molecule has 0 aliphatic rings. The number of rotatable bonds is 8. The zero-order valence-corrected chi connectivity index (χ0v) is 15.6. The first-order chi connectivity index (χ1) is 11.9. The van der Waals surface area contributed by atoms with Crippen molar-refractivity contribution in [2.45, 2.75) is 53.5 Å². The van der Waals surface area contributed by atoms with Gasteiger partial charge < -0.3 is 14.6 Å². The van der Waals surface area contributed by atoms with Crippen molar-refractivity contribution in [3.63, 3.8) is 0 Å². The van der Waals surface area contributed by atoms with Crippen molar-refractivity contribution in [2.24, 2.45) is 0 Å². The first kappa shape index (κ1) is 19.0. The van der Waals surface area contributed by atoms with Gasteiger partial charge in [0.25, 0.3) is 5.91 Å². The molecule has 0 saturated carbocycles. The van der Waals surface area contributed by atoms with Gasteiger partial charge in [0.15, 0.2) is 0 Å². The van der Waals surface area contributed by atoms with Crippen molar-refractivity contribution in [1.82, 2.24) is 9.47 Å². The molecule has 1 N–H and O–H groups in total. The minimum atomic E-state index is -0.880. The monoisotopic (exact) mass is 344 g/mol. The van der Waals surface area contributed by atoms with Crippen LogP contribution in [0.2, 0.25) is 0 Å². The molecule has 0 aliphatic carbocycles. The van der Waals surface area contributed by atoms with E-state index in [-0.39, 0.29) is 18.9 Å². The molecule has 5 nitrogen and oxygen atoms in total. The van der Waals surface area contributed by atoms with E-state index in [1.54, 1.807) is 4.90 Å². The standard InChI is InChI=1S/C20H28N2O3/c1-5-11-21(12-10-18(23)24)20(25)19-14(4)16-13-15(6-2)8-9-17(16)22(19)7-3/h8-9,13H,5-7,10-12H2,1-4H3,(H,23,24). The Hall–Kier alpha value is -2.30. The second-order valence-corrected chi connectivity index (χ2v) is 6.36. The fraction of sp³-hybridized carbons (Fsp3) is 0.500. The van der Waals surface area contributed by atoms with Crippen LogP contribution in [0.25, 0.3) is 10.9 Å². The number of nitrogens with zero attached hydrogens (tertiary/aromatic N) is 2. The summed E-state index contributed by atoms with van der Waals surface area (Å²) in [5.41, 5.74) is 3.98. The molecule has 5 heteroatoms. The van der Waals surface area contributed by atoms with Crippen molar-refractivity contribution in [2.75, 3.05) is 13.1 Å². The topological polar surface area (TPSA) is 62.5 Å². The third-order valence-electron chi connectivity index (χ3n) is 4.68. The fourth-order valence-electron chi connectivity index (χ4n) is 3.36.